The van der Waals surface area contributed by atoms with Crippen LogP contribution in [0.1, 0.15) is 39.5 Å². The molecule has 1 rings (SSSR count). The summed E-state index contributed by atoms with van der Waals surface area (Å²) in [7, 11) is 0. The van der Waals surface area contributed by atoms with E-state index < -0.39 is 0 Å². The maximum absolute atomic E-state index is 5.78. The number of likely N-dealkylation sites (tertiary alicyclic amines) is 1. The zero-order chi connectivity index (χ0) is 12.7. The van der Waals surface area contributed by atoms with Gasteiger partial charge in [0.2, 0.25) is 0 Å². The Hall–Kier alpha value is -0.190. The fourth-order valence-corrected chi connectivity index (χ4v) is 2.45. The molecule has 0 aromatic carbocycles. The van der Waals surface area contributed by atoms with E-state index in [1.807, 2.05) is 0 Å². The van der Waals surface area contributed by atoms with Gasteiger partial charge in [0.15, 0.2) is 0 Å². The SMILES string of the molecule is CC(C)CCOCCN1CCCCC1C(N)=S. The minimum atomic E-state index is 0.299. The Labute approximate surface area is 111 Å². The molecule has 0 saturated carbocycles. The molecule has 0 spiro atoms. The average Bonchev–Trinajstić information content (AvgIpc) is 2.28. The first kappa shape index (κ1) is 14.9. The molecule has 1 saturated heterocycles. The lowest BCUT2D eigenvalue weighted by atomic mass is 10.0. The van der Waals surface area contributed by atoms with Crippen molar-refractivity contribution < 1.29 is 4.74 Å². The summed E-state index contributed by atoms with van der Waals surface area (Å²) < 4.78 is 5.65. The lowest BCUT2D eigenvalue weighted by Crippen LogP contribution is -2.48. The Balaban J connectivity index is 2.17. The molecule has 100 valence electrons. The molecule has 1 heterocycles. The predicted octanol–water partition coefficient (Wildman–Crippen LogP) is 2.19. The molecular weight excluding hydrogens is 232 g/mol. The van der Waals surface area contributed by atoms with Crippen LogP contribution >= 0.6 is 12.2 Å². The molecule has 0 amide bonds. The minimum absolute atomic E-state index is 0.299. The third kappa shape index (κ3) is 5.80. The van der Waals surface area contributed by atoms with Gasteiger partial charge < -0.3 is 10.5 Å². The summed E-state index contributed by atoms with van der Waals surface area (Å²) in [6, 6.07) is 0.299. The second-order valence-electron chi connectivity index (χ2n) is 5.24. The van der Waals surface area contributed by atoms with E-state index in [2.05, 4.69) is 18.7 Å². The van der Waals surface area contributed by atoms with Gasteiger partial charge >= 0.3 is 0 Å². The number of piperidine rings is 1. The summed E-state index contributed by atoms with van der Waals surface area (Å²) in [5.74, 6) is 0.717. The number of hydrogen-bond acceptors (Lipinski definition) is 3. The van der Waals surface area contributed by atoms with Crippen LogP contribution in [0.3, 0.4) is 0 Å². The molecule has 1 aliphatic rings. The molecule has 0 radical (unpaired) electrons. The van der Waals surface area contributed by atoms with E-state index in [-0.39, 0.29) is 0 Å². The van der Waals surface area contributed by atoms with Crippen LogP contribution in [-0.4, -0.2) is 42.2 Å². The summed E-state index contributed by atoms with van der Waals surface area (Å²) in [5, 5.41) is 0. The second kappa shape index (κ2) is 8.01. The van der Waals surface area contributed by atoms with E-state index in [4.69, 9.17) is 22.7 Å². The van der Waals surface area contributed by atoms with Gasteiger partial charge in [0.05, 0.1) is 17.6 Å². The normalized spacial score (nSPS) is 21.9. The smallest absolute Gasteiger partial charge is 0.0902 e. The maximum atomic E-state index is 5.78. The first-order valence-electron chi connectivity index (χ1n) is 6.72. The maximum Gasteiger partial charge on any atom is 0.0902 e. The van der Waals surface area contributed by atoms with E-state index >= 15 is 0 Å². The summed E-state index contributed by atoms with van der Waals surface area (Å²) >= 11 is 5.12. The first-order chi connectivity index (χ1) is 8.11. The van der Waals surface area contributed by atoms with Gasteiger partial charge in [-0.25, -0.2) is 0 Å². The third-order valence-electron chi connectivity index (χ3n) is 3.30. The van der Waals surface area contributed by atoms with Gasteiger partial charge in [-0.05, 0) is 31.7 Å². The van der Waals surface area contributed by atoms with E-state index in [1.54, 1.807) is 0 Å². The summed E-state index contributed by atoms with van der Waals surface area (Å²) in [5.41, 5.74) is 5.78. The van der Waals surface area contributed by atoms with Gasteiger partial charge in [-0.15, -0.1) is 0 Å². The second-order valence-corrected chi connectivity index (χ2v) is 5.72. The van der Waals surface area contributed by atoms with E-state index in [9.17, 15) is 0 Å². The number of nitrogens with zero attached hydrogens (tertiary/aromatic N) is 1. The monoisotopic (exact) mass is 258 g/mol. The number of hydrogen-bond donors (Lipinski definition) is 1. The largest absolute Gasteiger partial charge is 0.392 e. The molecule has 1 aliphatic heterocycles. The number of nitrogens with two attached hydrogens (primary N) is 1. The molecule has 0 aromatic rings. The van der Waals surface area contributed by atoms with E-state index in [0.29, 0.717) is 16.9 Å². The fourth-order valence-electron chi connectivity index (χ4n) is 2.18. The summed E-state index contributed by atoms with van der Waals surface area (Å²) in [6.07, 6.45) is 4.75. The van der Waals surface area contributed by atoms with Crippen molar-refractivity contribution in [2.24, 2.45) is 11.7 Å². The zero-order valence-electron chi connectivity index (χ0n) is 11.2. The molecule has 0 aliphatic carbocycles. The van der Waals surface area contributed by atoms with Crippen LogP contribution in [0.4, 0.5) is 0 Å². The van der Waals surface area contributed by atoms with Crippen LogP contribution in [0.25, 0.3) is 0 Å². The Morgan fingerprint density at radius 1 is 1.41 bits per heavy atom. The summed E-state index contributed by atoms with van der Waals surface area (Å²) in [6.45, 7) is 8.17. The minimum Gasteiger partial charge on any atom is -0.392 e. The molecule has 4 heteroatoms. The van der Waals surface area contributed by atoms with Crippen LogP contribution in [-0.2, 0) is 4.74 Å². The highest BCUT2D eigenvalue weighted by molar-refractivity contribution is 7.80. The molecule has 2 N–H and O–H groups in total. The third-order valence-corrected chi connectivity index (χ3v) is 3.58. The molecule has 1 unspecified atom stereocenters. The van der Waals surface area contributed by atoms with Crippen LogP contribution in [0.2, 0.25) is 0 Å². The quantitative estimate of drug-likeness (QED) is 0.561. The Bertz CT molecular complexity index is 233. The lowest BCUT2D eigenvalue weighted by Gasteiger charge is -2.34. The molecule has 1 atom stereocenters. The van der Waals surface area contributed by atoms with Gasteiger partial charge in [0, 0.05) is 13.2 Å². The number of ether oxygens (including phenoxy) is 1. The standard InChI is InChI=1S/C13H26N2OS/c1-11(2)6-9-16-10-8-15-7-4-3-5-12(15)13(14)17/h11-12H,3-10H2,1-2H3,(H2,14,17). The Morgan fingerprint density at radius 3 is 2.82 bits per heavy atom. The Morgan fingerprint density at radius 2 is 2.18 bits per heavy atom. The van der Waals surface area contributed by atoms with E-state index in [1.165, 1.54) is 12.8 Å². The molecular formula is C13H26N2OS. The number of rotatable bonds is 7. The zero-order valence-corrected chi connectivity index (χ0v) is 12.0. The predicted molar refractivity (Wildman–Crippen MR) is 76.3 cm³/mol. The van der Waals surface area contributed by atoms with Crippen LogP contribution in [0.15, 0.2) is 0 Å². The summed E-state index contributed by atoms with van der Waals surface area (Å²) in [4.78, 5) is 3.02. The van der Waals surface area contributed by atoms with Crippen molar-refractivity contribution >= 4 is 17.2 Å². The van der Waals surface area contributed by atoms with Gasteiger partial charge in [0.25, 0.3) is 0 Å². The molecule has 17 heavy (non-hydrogen) atoms. The van der Waals surface area contributed by atoms with Crippen molar-refractivity contribution in [2.75, 3.05) is 26.3 Å². The van der Waals surface area contributed by atoms with Crippen molar-refractivity contribution in [3.05, 3.63) is 0 Å². The highest BCUT2D eigenvalue weighted by Crippen LogP contribution is 2.16. The average molecular weight is 258 g/mol. The van der Waals surface area contributed by atoms with Crippen molar-refractivity contribution in [1.82, 2.24) is 4.90 Å². The Kier molecular flexibility index (Phi) is 7.00. The highest BCUT2D eigenvalue weighted by Gasteiger charge is 2.23. The molecule has 0 bridgehead atoms. The van der Waals surface area contributed by atoms with Crippen LogP contribution in [0.5, 0.6) is 0 Å². The van der Waals surface area contributed by atoms with Crippen LogP contribution < -0.4 is 5.73 Å². The number of thiocarbonyl (C=S) groups is 1. The van der Waals surface area contributed by atoms with E-state index in [0.717, 1.165) is 39.1 Å². The first-order valence-corrected chi connectivity index (χ1v) is 7.13. The van der Waals surface area contributed by atoms with Crippen LogP contribution in [0, 0.1) is 5.92 Å². The molecule has 0 aromatic heterocycles. The highest BCUT2D eigenvalue weighted by atomic mass is 32.1. The van der Waals surface area contributed by atoms with Crippen molar-refractivity contribution in [3.63, 3.8) is 0 Å². The van der Waals surface area contributed by atoms with Crippen molar-refractivity contribution in [2.45, 2.75) is 45.6 Å². The molecule has 3 nitrogen and oxygen atoms in total. The topological polar surface area (TPSA) is 38.5 Å². The van der Waals surface area contributed by atoms with Crippen molar-refractivity contribution in [1.29, 1.82) is 0 Å². The van der Waals surface area contributed by atoms with Crippen molar-refractivity contribution in [3.8, 4) is 0 Å². The van der Waals surface area contributed by atoms with Gasteiger partial charge in [-0.2, -0.15) is 0 Å². The van der Waals surface area contributed by atoms with Gasteiger partial charge in [-0.3, -0.25) is 4.90 Å². The van der Waals surface area contributed by atoms with Gasteiger partial charge in [0.1, 0.15) is 0 Å². The lowest BCUT2D eigenvalue weighted by molar-refractivity contribution is 0.0813. The van der Waals surface area contributed by atoms with Gasteiger partial charge in [-0.1, -0.05) is 32.5 Å². The fraction of sp³-hybridized carbons (Fsp3) is 0.923. The molecule has 1 fully saturated rings.